The third kappa shape index (κ3) is 5.03. The molecule has 0 aliphatic rings. The Hall–Kier alpha value is -1.95. The van der Waals surface area contributed by atoms with Crippen molar-refractivity contribution in [1.29, 1.82) is 0 Å². The van der Waals surface area contributed by atoms with Gasteiger partial charge in [-0.25, -0.2) is 9.97 Å². The zero-order chi connectivity index (χ0) is 17.2. The van der Waals surface area contributed by atoms with E-state index in [1.54, 1.807) is 6.07 Å². The van der Waals surface area contributed by atoms with Gasteiger partial charge in [-0.1, -0.05) is 6.07 Å². The minimum absolute atomic E-state index is 0.179. The molecular weight excluding hydrogens is 356 g/mol. The number of carbonyl (C=O) groups excluding carboxylic acids is 1. The summed E-state index contributed by atoms with van der Waals surface area (Å²) >= 11 is 3.46. The van der Waals surface area contributed by atoms with Crippen LogP contribution in [0.15, 0.2) is 28.7 Å². The largest absolute Gasteiger partial charge is 0.350 e. The lowest BCUT2D eigenvalue weighted by atomic mass is 10.1. The molecule has 2 aromatic rings. The monoisotopic (exact) mass is 376 g/mol. The summed E-state index contributed by atoms with van der Waals surface area (Å²) in [5, 5.41) is 6.06. The maximum absolute atomic E-state index is 12.5. The molecule has 0 saturated heterocycles. The summed E-state index contributed by atoms with van der Waals surface area (Å²) in [6.07, 6.45) is 0. The van der Waals surface area contributed by atoms with Crippen LogP contribution in [0.25, 0.3) is 0 Å². The van der Waals surface area contributed by atoms with E-state index >= 15 is 0 Å². The van der Waals surface area contributed by atoms with Gasteiger partial charge in [-0.05, 0) is 74.3 Å². The van der Waals surface area contributed by atoms with Crippen molar-refractivity contribution in [1.82, 2.24) is 9.97 Å². The highest BCUT2D eigenvalue weighted by Crippen LogP contribution is 2.24. The number of hydrogen-bond donors (Lipinski definition) is 2. The third-order valence-corrected chi connectivity index (χ3v) is 3.60. The molecule has 0 fully saturated rings. The van der Waals surface area contributed by atoms with Crippen LogP contribution in [0.4, 0.5) is 11.6 Å². The topological polar surface area (TPSA) is 66.9 Å². The van der Waals surface area contributed by atoms with Crippen LogP contribution in [-0.2, 0) is 0 Å². The lowest BCUT2D eigenvalue weighted by Gasteiger charge is -2.20. The van der Waals surface area contributed by atoms with E-state index in [-0.39, 0.29) is 11.4 Å². The van der Waals surface area contributed by atoms with Crippen LogP contribution in [0, 0.1) is 13.8 Å². The van der Waals surface area contributed by atoms with E-state index < -0.39 is 0 Å². The van der Waals surface area contributed by atoms with E-state index in [1.807, 2.05) is 52.8 Å². The molecule has 0 radical (unpaired) electrons. The maximum atomic E-state index is 12.5. The minimum atomic E-state index is -0.267. The van der Waals surface area contributed by atoms with Gasteiger partial charge in [0.2, 0.25) is 5.95 Å². The van der Waals surface area contributed by atoms with Gasteiger partial charge < -0.3 is 10.6 Å². The van der Waals surface area contributed by atoms with Gasteiger partial charge in [0.1, 0.15) is 5.69 Å². The average Bonchev–Trinajstić information content (AvgIpc) is 2.39. The number of amides is 1. The second kappa shape index (κ2) is 6.66. The molecule has 6 heteroatoms. The number of anilines is 2. The van der Waals surface area contributed by atoms with Crippen molar-refractivity contribution in [3.05, 3.63) is 45.7 Å². The molecule has 0 saturated carbocycles. The van der Waals surface area contributed by atoms with Gasteiger partial charge in [0.05, 0.1) is 5.69 Å². The minimum Gasteiger partial charge on any atom is -0.350 e. The molecule has 23 heavy (non-hydrogen) atoms. The molecule has 0 aliphatic carbocycles. The highest BCUT2D eigenvalue weighted by Gasteiger charge is 2.16. The number of halogens is 1. The second-order valence-electron chi connectivity index (χ2n) is 6.53. The first-order chi connectivity index (χ1) is 10.6. The van der Waals surface area contributed by atoms with Gasteiger partial charge >= 0.3 is 0 Å². The highest BCUT2D eigenvalue weighted by molar-refractivity contribution is 9.10. The Morgan fingerprint density at radius 1 is 1.13 bits per heavy atom. The number of benzene rings is 1. The molecule has 1 amide bonds. The van der Waals surface area contributed by atoms with Crippen LogP contribution >= 0.6 is 15.9 Å². The molecule has 0 aliphatic heterocycles. The summed E-state index contributed by atoms with van der Waals surface area (Å²) in [4.78, 5) is 21.1. The molecule has 0 atom stereocenters. The summed E-state index contributed by atoms with van der Waals surface area (Å²) in [6.45, 7) is 9.88. The van der Waals surface area contributed by atoms with E-state index in [4.69, 9.17) is 0 Å². The Bertz CT molecular complexity index is 738. The number of nitrogens with one attached hydrogen (secondary N) is 2. The van der Waals surface area contributed by atoms with Crippen LogP contribution < -0.4 is 10.6 Å². The van der Waals surface area contributed by atoms with Gasteiger partial charge in [-0.3, -0.25) is 4.79 Å². The number of nitrogens with zero attached hydrogens (tertiary/aromatic N) is 2. The van der Waals surface area contributed by atoms with Crippen LogP contribution in [0.3, 0.4) is 0 Å². The van der Waals surface area contributed by atoms with Crippen LogP contribution in [0.1, 0.15) is 42.5 Å². The van der Waals surface area contributed by atoms with Crippen molar-refractivity contribution >= 4 is 33.5 Å². The maximum Gasteiger partial charge on any atom is 0.274 e. The van der Waals surface area contributed by atoms with E-state index in [1.165, 1.54) is 0 Å². The fraction of sp³-hybridized carbons (Fsp3) is 0.353. The predicted molar refractivity (Wildman–Crippen MR) is 97.0 cm³/mol. The molecule has 0 unspecified atom stereocenters. The van der Waals surface area contributed by atoms with Crippen molar-refractivity contribution in [3.8, 4) is 0 Å². The van der Waals surface area contributed by atoms with Crippen molar-refractivity contribution in [3.63, 3.8) is 0 Å². The van der Waals surface area contributed by atoms with Crippen molar-refractivity contribution < 1.29 is 4.79 Å². The quantitative estimate of drug-likeness (QED) is 0.836. The summed E-state index contributed by atoms with van der Waals surface area (Å²) in [5.74, 6) is 0.183. The lowest BCUT2D eigenvalue weighted by molar-refractivity contribution is 0.102. The Kier molecular flexibility index (Phi) is 5.04. The van der Waals surface area contributed by atoms with Gasteiger partial charge in [0.15, 0.2) is 0 Å². The molecule has 122 valence electrons. The number of aromatic nitrogens is 2. The second-order valence-corrected chi connectivity index (χ2v) is 7.38. The molecule has 1 aromatic carbocycles. The molecule has 5 nitrogen and oxygen atoms in total. The molecule has 2 rings (SSSR count). The summed E-state index contributed by atoms with van der Waals surface area (Å²) < 4.78 is 0.838. The Balaban J connectivity index is 2.25. The van der Waals surface area contributed by atoms with Gasteiger partial charge in [-0.15, -0.1) is 0 Å². The normalized spacial score (nSPS) is 11.2. The molecule has 1 heterocycles. The smallest absolute Gasteiger partial charge is 0.274 e. The first-order valence-electron chi connectivity index (χ1n) is 7.35. The Labute approximate surface area is 145 Å². The van der Waals surface area contributed by atoms with Gasteiger partial charge in [0, 0.05) is 15.7 Å². The van der Waals surface area contributed by atoms with E-state index in [2.05, 4.69) is 36.5 Å². The lowest BCUT2D eigenvalue weighted by Crippen LogP contribution is -2.28. The number of aryl methyl sites for hydroxylation is 2. The molecule has 1 aromatic heterocycles. The first-order valence-corrected chi connectivity index (χ1v) is 8.15. The fourth-order valence-electron chi connectivity index (χ4n) is 1.98. The van der Waals surface area contributed by atoms with Crippen LogP contribution in [0.2, 0.25) is 0 Å². The van der Waals surface area contributed by atoms with Crippen molar-refractivity contribution in [2.24, 2.45) is 0 Å². The molecule has 0 spiro atoms. The molecule has 2 N–H and O–H groups in total. The summed E-state index contributed by atoms with van der Waals surface area (Å²) in [6, 6.07) is 7.43. The Morgan fingerprint density at radius 3 is 2.43 bits per heavy atom. The van der Waals surface area contributed by atoms with Crippen LogP contribution in [-0.4, -0.2) is 21.4 Å². The standard InChI is InChI=1S/C17H21BrN4O/c1-10-6-7-13(12(18)8-10)20-15(23)14-9-11(2)19-16(21-14)22-17(3,4)5/h6-9H,1-5H3,(H,20,23)(H,19,21,22). The zero-order valence-corrected chi connectivity index (χ0v) is 15.6. The first kappa shape index (κ1) is 17.4. The van der Waals surface area contributed by atoms with Crippen molar-refractivity contribution in [2.75, 3.05) is 10.6 Å². The number of hydrogen-bond acceptors (Lipinski definition) is 4. The van der Waals surface area contributed by atoms with E-state index in [9.17, 15) is 4.79 Å². The number of carbonyl (C=O) groups is 1. The van der Waals surface area contributed by atoms with E-state index in [0.717, 1.165) is 15.7 Å². The molecular formula is C17H21BrN4O. The number of rotatable bonds is 3. The van der Waals surface area contributed by atoms with Crippen LogP contribution in [0.5, 0.6) is 0 Å². The van der Waals surface area contributed by atoms with Gasteiger partial charge in [0.25, 0.3) is 5.91 Å². The van der Waals surface area contributed by atoms with Gasteiger partial charge in [-0.2, -0.15) is 0 Å². The summed E-state index contributed by atoms with van der Waals surface area (Å²) in [5.41, 5.74) is 2.71. The molecule has 0 bridgehead atoms. The van der Waals surface area contributed by atoms with Crippen molar-refractivity contribution in [2.45, 2.75) is 40.2 Å². The average molecular weight is 377 g/mol. The Morgan fingerprint density at radius 2 is 1.83 bits per heavy atom. The highest BCUT2D eigenvalue weighted by atomic mass is 79.9. The fourth-order valence-corrected chi connectivity index (χ4v) is 2.58. The predicted octanol–water partition coefficient (Wildman–Crippen LogP) is 4.32. The SMILES string of the molecule is Cc1ccc(NC(=O)c2cc(C)nc(NC(C)(C)C)n2)c(Br)c1. The zero-order valence-electron chi connectivity index (χ0n) is 14.0. The summed E-state index contributed by atoms with van der Waals surface area (Å²) in [7, 11) is 0. The van der Waals surface area contributed by atoms with E-state index in [0.29, 0.717) is 17.3 Å². The third-order valence-electron chi connectivity index (χ3n) is 2.95.